The van der Waals surface area contributed by atoms with Crippen LogP contribution in [0.5, 0.6) is 5.75 Å². The van der Waals surface area contributed by atoms with Crippen LogP contribution in [0.3, 0.4) is 0 Å². The van der Waals surface area contributed by atoms with Crippen LogP contribution in [-0.4, -0.2) is 31.0 Å². The van der Waals surface area contributed by atoms with Crippen LogP contribution in [-0.2, 0) is 20.2 Å². The third kappa shape index (κ3) is 4.51. The van der Waals surface area contributed by atoms with Gasteiger partial charge in [-0.1, -0.05) is 0 Å². The molecule has 13 heteroatoms. The molecule has 0 aliphatic carbocycles. The van der Waals surface area contributed by atoms with E-state index in [1.807, 2.05) is 0 Å². The molecule has 0 saturated heterocycles. The molecule has 0 aliphatic rings. The van der Waals surface area contributed by atoms with Crippen LogP contribution in [0.15, 0.2) is 28.0 Å². The molecule has 0 radical (unpaired) electrons. The van der Waals surface area contributed by atoms with Crippen molar-refractivity contribution in [3.8, 4) is 5.75 Å². The van der Waals surface area contributed by atoms with E-state index in [1.165, 1.54) is 0 Å². The van der Waals surface area contributed by atoms with Gasteiger partial charge in [0.25, 0.3) is 0 Å². The van der Waals surface area contributed by atoms with E-state index in [1.54, 1.807) is 0 Å². The van der Waals surface area contributed by atoms with Crippen molar-refractivity contribution < 1.29 is 90.2 Å². The quantitative estimate of drug-likeness (QED) is 0.198. The minimum Gasteiger partial charge on any atom is -0.744 e. The molecular weight excluding hydrogens is 370 g/mol. The fourth-order valence-electron chi connectivity index (χ4n) is 1.87. The van der Waals surface area contributed by atoms with Gasteiger partial charge in [-0.25, -0.2) is 16.8 Å². The van der Waals surface area contributed by atoms with Gasteiger partial charge in [0, 0.05) is 11.1 Å². The summed E-state index contributed by atoms with van der Waals surface area (Å²) in [6.45, 7) is 0. The van der Waals surface area contributed by atoms with Crippen LogP contribution in [0.4, 0.5) is 11.4 Å². The van der Waals surface area contributed by atoms with Gasteiger partial charge in [-0.2, -0.15) is 0 Å². The minimum atomic E-state index is -5.01. The van der Waals surface area contributed by atoms with Crippen molar-refractivity contribution in [2.75, 3.05) is 11.5 Å². The van der Waals surface area contributed by atoms with Crippen LogP contribution < -0.4 is 70.6 Å². The Hall–Kier alpha value is -0.0800. The molecule has 2 aromatic carbocycles. The Kier molecular flexibility index (Phi) is 7.41. The zero-order valence-corrected chi connectivity index (χ0v) is 17.7. The second-order valence-corrected chi connectivity index (χ2v) is 6.88. The zero-order valence-electron chi connectivity index (χ0n) is 12.1. The summed E-state index contributed by atoms with van der Waals surface area (Å²) in [6, 6.07) is 2.34. The summed E-state index contributed by atoms with van der Waals surface area (Å²) in [6.07, 6.45) is 0. The Labute approximate surface area is 176 Å². The Balaban J connectivity index is 0.00000242. The summed E-state index contributed by atoms with van der Waals surface area (Å²) in [7, 11) is -9.87. The first kappa shape index (κ1) is 22.9. The number of aromatic hydroxyl groups is 1. The fraction of sp³-hybridized carbons (Fsp3) is 0. The van der Waals surface area contributed by atoms with Crippen molar-refractivity contribution in [2.24, 2.45) is 0 Å². The Morgan fingerprint density at radius 2 is 1.43 bits per heavy atom. The molecule has 0 bridgehead atoms. The molecule has 0 fully saturated rings. The van der Waals surface area contributed by atoms with Gasteiger partial charge in [0.2, 0.25) is 0 Å². The standard InChI is InChI=1S/C10H10N2O7S2.2Na/c11-6-3-5(20(14,15)16)1-4-2-7(21(17,18)19)9(12)10(13)8(4)6;;/h1-3,13H,11-12H2,(H,14,15,16)(H,17,18,19);;/q;2*+1/p-2. The van der Waals surface area contributed by atoms with E-state index in [2.05, 4.69) is 0 Å². The van der Waals surface area contributed by atoms with Crippen LogP contribution in [0.1, 0.15) is 0 Å². The molecule has 0 spiro atoms. The molecule has 2 aromatic rings. The van der Waals surface area contributed by atoms with Gasteiger partial charge >= 0.3 is 59.1 Å². The van der Waals surface area contributed by atoms with Crippen molar-refractivity contribution in [2.45, 2.75) is 9.79 Å². The monoisotopic (exact) mass is 378 g/mol. The molecule has 23 heavy (non-hydrogen) atoms. The first-order chi connectivity index (χ1) is 9.43. The van der Waals surface area contributed by atoms with Crippen LogP contribution in [0.2, 0.25) is 0 Å². The summed E-state index contributed by atoms with van der Waals surface area (Å²) in [5, 5.41) is 9.46. The Bertz CT molecular complexity index is 975. The number of hydrogen-bond acceptors (Lipinski definition) is 9. The van der Waals surface area contributed by atoms with E-state index in [9.17, 15) is 31.0 Å². The van der Waals surface area contributed by atoms with Gasteiger partial charge in [-0.15, -0.1) is 0 Å². The Morgan fingerprint density at radius 3 is 1.87 bits per heavy atom. The maximum atomic E-state index is 11.1. The first-order valence-corrected chi connectivity index (χ1v) is 8.01. The average molecular weight is 378 g/mol. The van der Waals surface area contributed by atoms with E-state index in [-0.39, 0.29) is 75.6 Å². The van der Waals surface area contributed by atoms with E-state index in [0.717, 1.165) is 18.2 Å². The molecule has 114 valence electrons. The second-order valence-electron chi connectivity index (χ2n) is 4.16. The van der Waals surface area contributed by atoms with Crippen molar-refractivity contribution in [3.63, 3.8) is 0 Å². The smallest absolute Gasteiger partial charge is 0.744 e. The van der Waals surface area contributed by atoms with E-state index >= 15 is 0 Å². The predicted molar refractivity (Wildman–Crippen MR) is 70.4 cm³/mol. The summed E-state index contributed by atoms with van der Waals surface area (Å²) < 4.78 is 66.1. The maximum Gasteiger partial charge on any atom is 1.00 e. The van der Waals surface area contributed by atoms with Crippen LogP contribution in [0.25, 0.3) is 10.8 Å². The van der Waals surface area contributed by atoms with Crippen molar-refractivity contribution in [1.82, 2.24) is 0 Å². The van der Waals surface area contributed by atoms with E-state index in [0.29, 0.717) is 0 Å². The van der Waals surface area contributed by atoms with Crippen LogP contribution >= 0.6 is 0 Å². The third-order valence-electron chi connectivity index (χ3n) is 2.77. The maximum absolute atomic E-state index is 11.1. The summed E-state index contributed by atoms with van der Waals surface area (Å²) >= 11 is 0. The number of nitrogens with two attached hydrogens (primary N) is 2. The molecular formula is C10H8N2Na2O7S2. The topological polar surface area (TPSA) is 187 Å². The minimum absolute atomic E-state index is 0. The zero-order chi connectivity index (χ0) is 16.2. The summed E-state index contributed by atoms with van der Waals surface area (Å²) in [5.41, 5.74) is 9.89. The first-order valence-electron chi connectivity index (χ1n) is 5.19. The number of hydrogen-bond donors (Lipinski definition) is 3. The van der Waals surface area contributed by atoms with Gasteiger partial charge in [0.05, 0.1) is 15.5 Å². The number of phenols is 1. The van der Waals surface area contributed by atoms with Crippen molar-refractivity contribution in [1.29, 1.82) is 0 Å². The van der Waals surface area contributed by atoms with Gasteiger partial charge in [-0.3, -0.25) is 0 Å². The molecule has 0 unspecified atom stereocenters. The summed E-state index contributed by atoms with van der Waals surface area (Å²) in [5.74, 6) is -0.783. The Morgan fingerprint density at radius 1 is 0.913 bits per heavy atom. The van der Waals surface area contributed by atoms with E-state index < -0.39 is 41.5 Å². The number of phenolic OH excluding ortho intramolecular Hbond substituents is 1. The van der Waals surface area contributed by atoms with Gasteiger partial charge < -0.3 is 25.7 Å². The average Bonchev–Trinajstić information content (AvgIpc) is 2.30. The molecule has 2 rings (SSSR count). The number of nitrogen functional groups attached to an aromatic ring is 2. The van der Waals surface area contributed by atoms with Crippen molar-refractivity contribution in [3.05, 3.63) is 18.2 Å². The number of benzene rings is 2. The third-order valence-corrected chi connectivity index (χ3v) is 4.46. The molecule has 0 atom stereocenters. The SMILES string of the molecule is Nc1c(S(=O)(=O)[O-])cc2cc(S(=O)(=O)[O-])cc(N)c2c1O.[Na+].[Na+]. The molecule has 5 N–H and O–H groups in total. The predicted octanol–water partition coefficient (Wildman–Crippen LogP) is -6.47. The molecule has 9 nitrogen and oxygen atoms in total. The number of anilines is 2. The normalized spacial score (nSPS) is 11.6. The largest absolute Gasteiger partial charge is 1.00 e. The summed E-state index contributed by atoms with van der Waals surface area (Å²) in [4.78, 5) is -1.67. The molecule has 0 amide bonds. The van der Waals surface area contributed by atoms with Gasteiger partial charge in [-0.05, 0) is 23.6 Å². The van der Waals surface area contributed by atoms with Crippen molar-refractivity contribution >= 4 is 42.4 Å². The van der Waals surface area contributed by atoms with Gasteiger partial charge in [0.1, 0.15) is 26.0 Å². The number of rotatable bonds is 2. The molecule has 0 aliphatic heterocycles. The second kappa shape index (κ2) is 7.44. The molecule has 0 saturated carbocycles. The van der Waals surface area contributed by atoms with Crippen LogP contribution in [0, 0.1) is 0 Å². The fourth-order valence-corrected chi connectivity index (χ4v) is 3.05. The molecule has 0 heterocycles. The van der Waals surface area contributed by atoms with Gasteiger partial charge in [0.15, 0.2) is 0 Å². The van der Waals surface area contributed by atoms with E-state index in [4.69, 9.17) is 11.5 Å². The molecule has 0 aromatic heterocycles. The number of fused-ring (bicyclic) bond motifs is 1.